The molecule has 1 saturated heterocycles. The molecule has 0 radical (unpaired) electrons. The van der Waals surface area contributed by atoms with Gasteiger partial charge in [0.15, 0.2) is 5.96 Å². The largest absolute Gasteiger partial charge is 0.493 e. The van der Waals surface area contributed by atoms with Crippen LogP contribution in [0.25, 0.3) is 22.2 Å². The molecule has 0 spiro atoms. The Morgan fingerprint density at radius 3 is 2.54 bits per heavy atom. The highest BCUT2D eigenvalue weighted by Gasteiger charge is 2.32. The molecule has 4 aromatic rings. The number of guanidine groups is 1. The lowest BCUT2D eigenvalue weighted by atomic mass is 10.1. The van der Waals surface area contributed by atoms with Crippen LogP contribution in [-0.2, 0) is 12.6 Å². The minimum absolute atomic E-state index is 0. The van der Waals surface area contributed by atoms with Crippen LogP contribution in [-0.4, -0.2) is 34.2 Å². The van der Waals surface area contributed by atoms with Crippen molar-refractivity contribution in [2.24, 2.45) is 5.73 Å². The van der Waals surface area contributed by atoms with Crippen LogP contribution in [0.2, 0.25) is 0 Å². The Morgan fingerprint density at radius 2 is 1.81 bits per heavy atom. The first-order valence-electron chi connectivity index (χ1n) is 11.6. The SMILES string of the molecule is Cl.N=C(N)N1CCCC1c1nc(-c2ccc3cc(OCCc4ccc(C(F)(F)F)cc4)ccc3c2)no1. The van der Waals surface area contributed by atoms with Crippen molar-refractivity contribution in [2.75, 3.05) is 13.2 Å². The minimum Gasteiger partial charge on any atom is -0.493 e. The molecule has 3 aromatic carbocycles. The molecule has 37 heavy (non-hydrogen) atoms. The van der Waals surface area contributed by atoms with Gasteiger partial charge in [-0.1, -0.05) is 35.5 Å². The lowest BCUT2D eigenvalue weighted by Crippen LogP contribution is -2.35. The molecule has 0 amide bonds. The van der Waals surface area contributed by atoms with Gasteiger partial charge in [0, 0.05) is 18.5 Å². The second-order valence-corrected chi connectivity index (χ2v) is 8.71. The van der Waals surface area contributed by atoms with E-state index in [2.05, 4.69) is 10.1 Å². The minimum atomic E-state index is -4.33. The molecule has 1 aromatic heterocycles. The van der Waals surface area contributed by atoms with Crippen molar-refractivity contribution < 1.29 is 22.4 Å². The molecule has 5 rings (SSSR count). The van der Waals surface area contributed by atoms with E-state index in [0.717, 1.165) is 46.9 Å². The van der Waals surface area contributed by atoms with Gasteiger partial charge in [-0.2, -0.15) is 18.2 Å². The van der Waals surface area contributed by atoms with Crippen LogP contribution in [0.15, 0.2) is 65.2 Å². The highest BCUT2D eigenvalue weighted by atomic mass is 35.5. The normalized spacial score (nSPS) is 15.5. The van der Waals surface area contributed by atoms with Crippen molar-refractivity contribution >= 4 is 29.1 Å². The summed E-state index contributed by atoms with van der Waals surface area (Å²) in [6, 6.07) is 16.5. The Morgan fingerprint density at radius 1 is 1.08 bits per heavy atom. The molecular formula is C26H25ClF3N5O2. The third kappa shape index (κ3) is 5.80. The first-order chi connectivity index (χ1) is 17.3. The molecule has 0 aliphatic carbocycles. The molecule has 1 fully saturated rings. The van der Waals surface area contributed by atoms with Gasteiger partial charge in [0.05, 0.1) is 12.2 Å². The number of likely N-dealkylation sites (tertiary alicyclic amines) is 1. The summed E-state index contributed by atoms with van der Waals surface area (Å²) in [6.45, 7) is 1.04. The number of benzene rings is 3. The summed E-state index contributed by atoms with van der Waals surface area (Å²) in [5, 5.41) is 13.8. The molecule has 11 heteroatoms. The number of nitrogens with two attached hydrogens (primary N) is 1. The van der Waals surface area contributed by atoms with Gasteiger partial charge < -0.3 is 19.9 Å². The van der Waals surface area contributed by atoms with E-state index in [1.165, 1.54) is 12.1 Å². The van der Waals surface area contributed by atoms with Crippen LogP contribution in [0.1, 0.15) is 35.9 Å². The number of aromatic nitrogens is 2. The van der Waals surface area contributed by atoms with Crippen LogP contribution in [0.4, 0.5) is 13.2 Å². The highest BCUT2D eigenvalue weighted by molar-refractivity contribution is 5.87. The van der Waals surface area contributed by atoms with E-state index < -0.39 is 11.7 Å². The van der Waals surface area contributed by atoms with Crippen molar-refractivity contribution in [1.82, 2.24) is 15.0 Å². The van der Waals surface area contributed by atoms with E-state index in [-0.39, 0.29) is 24.4 Å². The first kappa shape index (κ1) is 26.3. The lowest BCUT2D eigenvalue weighted by Gasteiger charge is -2.21. The van der Waals surface area contributed by atoms with E-state index in [4.69, 9.17) is 20.4 Å². The van der Waals surface area contributed by atoms with Gasteiger partial charge in [0.1, 0.15) is 11.8 Å². The highest BCUT2D eigenvalue weighted by Crippen LogP contribution is 2.33. The van der Waals surface area contributed by atoms with Gasteiger partial charge in [-0.25, -0.2) is 0 Å². The average molecular weight is 532 g/mol. The maximum atomic E-state index is 12.7. The second-order valence-electron chi connectivity index (χ2n) is 8.71. The Hall–Kier alpha value is -3.79. The van der Waals surface area contributed by atoms with E-state index >= 15 is 0 Å². The maximum Gasteiger partial charge on any atom is 0.416 e. The fourth-order valence-corrected chi connectivity index (χ4v) is 4.40. The number of ether oxygens (including phenoxy) is 1. The van der Waals surface area contributed by atoms with Gasteiger partial charge in [-0.3, -0.25) is 5.41 Å². The zero-order valence-electron chi connectivity index (χ0n) is 19.7. The Bertz CT molecular complexity index is 1390. The van der Waals surface area contributed by atoms with Crippen molar-refractivity contribution in [1.29, 1.82) is 5.41 Å². The topological polar surface area (TPSA) is 101 Å². The molecule has 7 nitrogen and oxygen atoms in total. The summed E-state index contributed by atoms with van der Waals surface area (Å²) < 4.78 is 49.4. The molecule has 0 saturated carbocycles. The number of hydrogen-bond donors (Lipinski definition) is 2. The van der Waals surface area contributed by atoms with Crippen molar-refractivity contribution in [3.63, 3.8) is 0 Å². The molecule has 0 bridgehead atoms. The Balaban J connectivity index is 0.00000320. The second kappa shape index (κ2) is 10.7. The van der Waals surface area contributed by atoms with Crippen molar-refractivity contribution in [3.05, 3.63) is 77.7 Å². The van der Waals surface area contributed by atoms with Crippen LogP contribution in [0, 0.1) is 5.41 Å². The molecule has 194 valence electrons. The Labute approximate surface area is 217 Å². The zero-order valence-corrected chi connectivity index (χ0v) is 20.5. The number of nitrogens with zero attached hydrogens (tertiary/aromatic N) is 3. The molecule has 1 aliphatic rings. The van der Waals surface area contributed by atoms with Crippen LogP contribution >= 0.6 is 12.4 Å². The molecule has 2 heterocycles. The van der Waals surface area contributed by atoms with Crippen LogP contribution in [0.5, 0.6) is 5.75 Å². The summed E-state index contributed by atoms with van der Waals surface area (Å²) in [6.07, 6.45) is -2.12. The van der Waals surface area contributed by atoms with Crippen LogP contribution < -0.4 is 10.5 Å². The number of nitrogens with one attached hydrogen (secondary N) is 1. The number of fused-ring (bicyclic) bond motifs is 1. The van der Waals surface area contributed by atoms with Crippen LogP contribution in [0.3, 0.4) is 0 Å². The van der Waals surface area contributed by atoms with Crippen molar-refractivity contribution in [3.8, 4) is 17.1 Å². The maximum absolute atomic E-state index is 12.7. The van der Waals surface area contributed by atoms with E-state index in [9.17, 15) is 13.2 Å². The van der Waals surface area contributed by atoms with Gasteiger partial charge in [0.25, 0.3) is 0 Å². The zero-order chi connectivity index (χ0) is 25.3. The number of hydrogen-bond acceptors (Lipinski definition) is 5. The van der Waals surface area contributed by atoms with Crippen molar-refractivity contribution in [2.45, 2.75) is 31.5 Å². The van der Waals surface area contributed by atoms with E-state index in [0.29, 0.717) is 37.0 Å². The average Bonchev–Trinajstić information content (AvgIpc) is 3.53. The summed E-state index contributed by atoms with van der Waals surface area (Å²) in [4.78, 5) is 6.31. The molecule has 1 aliphatic heterocycles. The predicted molar refractivity (Wildman–Crippen MR) is 136 cm³/mol. The summed E-state index contributed by atoms with van der Waals surface area (Å²) in [5.41, 5.74) is 6.59. The van der Waals surface area contributed by atoms with Gasteiger partial charge in [-0.05, 0) is 59.5 Å². The quantitative estimate of drug-likeness (QED) is 0.234. The van der Waals surface area contributed by atoms with Gasteiger partial charge in [-0.15, -0.1) is 12.4 Å². The van der Waals surface area contributed by atoms with E-state index in [1.807, 2.05) is 36.4 Å². The lowest BCUT2D eigenvalue weighted by molar-refractivity contribution is -0.137. The van der Waals surface area contributed by atoms with Gasteiger partial charge >= 0.3 is 6.18 Å². The first-order valence-corrected chi connectivity index (χ1v) is 11.6. The summed E-state index contributed by atoms with van der Waals surface area (Å²) in [7, 11) is 0. The summed E-state index contributed by atoms with van der Waals surface area (Å²) >= 11 is 0. The third-order valence-electron chi connectivity index (χ3n) is 6.30. The number of halogens is 4. The fourth-order valence-electron chi connectivity index (χ4n) is 4.40. The predicted octanol–water partition coefficient (Wildman–Crippen LogP) is 5.98. The number of alkyl halides is 3. The standard InChI is InChI=1S/C26H24F3N5O2.ClH/c27-26(28,29)20-8-3-16(4-9-20)11-13-35-21-10-7-17-14-19(6-5-18(17)15-21)23-32-24(36-33-23)22-2-1-12-34(22)25(30)31;/h3-10,14-15,22H,1-2,11-13H2,(H3,30,31);1H. The summed E-state index contributed by atoms with van der Waals surface area (Å²) in [5.74, 6) is 1.60. The smallest absolute Gasteiger partial charge is 0.416 e. The molecule has 1 atom stereocenters. The molecule has 3 N–H and O–H groups in total. The van der Waals surface area contributed by atoms with E-state index in [1.54, 1.807) is 4.90 Å². The monoisotopic (exact) mass is 531 g/mol. The molecular weight excluding hydrogens is 507 g/mol. The fraction of sp³-hybridized carbons (Fsp3) is 0.269. The third-order valence-corrected chi connectivity index (χ3v) is 6.30. The Kier molecular flexibility index (Phi) is 7.58. The number of rotatable bonds is 6. The molecule has 1 unspecified atom stereocenters. The van der Waals surface area contributed by atoms with Gasteiger partial charge in [0.2, 0.25) is 11.7 Å².